The van der Waals surface area contributed by atoms with Crippen molar-refractivity contribution < 1.29 is 13.5 Å². The van der Waals surface area contributed by atoms with Gasteiger partial charge in [-0.15, -0.1) is 0 Å². The molecule has 1 aromatic carbocycles. The molecule has 112 valence electrons. The summed E-state index contributed by atoms with van der Waals surface area (Å²) in [6, 6.07) is 4.89. The lowest BCUT2D eigenvalue weighted by molar-refractivity contribution is 0.136. The van der Waals surface area contributed by atoms with Gasteiger partial charge in [0.2, 0.25) is 10.0 Å². The van der Waals surface area contributed by atoms with Crippen LogP contribution in [-0.2, 0) is 10.0 Å². The molecule has 0 aromatic heterocycles. The monoisotopic (exact) mass is 299 g/mol. The zero-order valence-corrected chi connectivity index (χ0v) is 12.5. The van der Waals surface area contributed by atoms with Gasteiger partial charge in [0.1, 0.15) is 4.90 Å². The molecule has 1 aromatic rings. The second-order valence-electron chi connectivity index (χ2n) is 5.17. The normalized spacial score (nSPS) is 21.1. The zero-order chi connectivity index (χ0) is 14.9. The molecule has 0 bridgehead atoms. The van der Waals surface area contributed by atoms with E-state index in [4.69, 9.17) is 5.73 Å². The lowest BCUT2D eigenvalue weighted by atomic mass is 10.0. The van der Waals surface area contributed by atoms with Gasteiger partial charge in [0.25, 0.3) is 0 Å². The van der Waals surface area contributed by atoms with Crippen molar-refractivity contribution >= 4 is 21.4 Å². The van der Waals surface area contributed by atoms with Crippen LogP contribution in [0.4, 0.5) is 11.4 Å². The molecule has 1 aliphatic rings. The van der Waals surface area contributed by atoms with E-state index in [9.17, 15) is 13.5 Å². The number of nitrogen functional groups attached to an aromatic ring is 1. The van der Waals surface area contributed by atoms with Crippen molar-refractivity contribution in [3.63, 3.8) is 0 Å². The quantitative estimate of drug-likeness (QED) is 0.699. The third-order valence-electron chi connectivity index (χ3n) is 3.79. The van der Waals surface area contributed by atoms with Crippen LogP contribution >= 0.6 is 0 Å². The summed E-state index contributed by atoms with van der Waals surface area (Å²) in [6.07, 6.45) is 0.458. The highest BCUT2D eigenvalue weighted by atomic mass is 32.2. The Bertz CT molecular complexity index is 587. The standard InChI is InChI=1S/C13H21N3O3S/c1-9(17)10-5-6-16(8-10)12-4-3-11(14)7-13(12)20(18,19)15-2/h3-4,7,9-10,15,17H,5-6,8,14H2,1-2H3. The van der Waals surface area contributed by atoms with Crippen LogP contribution < -0.4 is 15.4 Å². The summed E-state index contributed by atoms with van der Waals surface area (Å²) >= 11 is 0. The zero-order valence-electron chi connectivity index (χ0n) is 11.7. The second kappa shape index (κ2) is 5.59. The van der Waals surface area contributed by atoms with Gasteiger partial charge in [-0.3, -0.25) is 0 Å². The van der Waals surface area contributed by atoms with Crippen LogP contribution in [0.3, 0.4) is 0 Å². The number of nitrogens with one attached hydrogen (secondary N) is 1. The minimum absolute atomic E-state index is 0.165. The van der Waals surface area contributed by atoms with Crippen LogP contribution in [0.15, 0.2) is 23.1 Å². The predicted octanol–water partition coefficient (Wildman–Crippen LogP) is 0.384. The third kappa shape index (κ3) is 2.89. The fraction of sp³-hybridized carbons (Fsp3) is 0.538. The maximum absolute atomic E-state index is 12.1. The van der Waals surface area contributed by atoms with Crippen LogP contribution in [0, 0.1) is 5.92 Å². The van der Waals surface area contributed by atoms with E-state index in [2.05, 4.69) is 4.72 Å². The van der Waals surface area contributed by atoms with Gasteiger partial charge in [0.05, 0.1) is 11.8 Å². The fourth-order valence-electron chi connectivity index (χ4n) is 2.52. The molecule has 1 saturated heterocycles. The largest absolute Gasteiger partial charge is 0.399 e. The van der Waals surface area contributed by atoms with Gasteiger partial charge in [0, 0.05) is 24.7 Å². The average Bonchev–Trinajstić information content (AvgIpc) is 2.88. The molecule has 0 amide bonds. The van der Waals surface area contributed by atoms with Crippen LogP contribution in [0.2, 0.25) is 0 Å². The van der Waals surface area contributed by atoms with Crippen LogP contribution in [0.1, 0.15) is 13.3 Å². The molecule has 6 nitrogen and oxygen atoms in total. The first-order chi connectivity index (χ1) is 9.35. The molecular formula is C13H21N3O3S. The molecule has 2 rings (SSSR count). The summed E-state index contributed by atoms with van der Waals surface area (Å²) in [6.45, 7) is 3.14. The van der Waals surface area contributed by atoms with Crippen molar-refractivity contribution in [1.82, 2.24) is 4.72 Å². The van der Waals surface area contributed by atoms with Crippen molar-refractivity contribution in [2.24, 2.45) is 5.92 Å². The van der Waals surface area contributed by atoms with E-state index in [0.717, 1.165) is 13.0 Å². The number of anilines is 2. The molecule has 20 heavy (non-hydrogen) atoms. The highest BCUT2D eigenvalue weighted by Crippen LogP contribution is 2.32. The highest BCUT2D eigenvalue weighted by molar-refractivity contribution is 7.89. The Morgan fingerprint density at radius 1 is 1.50 bits per heavy atom. The molecule has 2 atom stereocenters. The van der Waals surface area contributed by atoms with Crippen molar-refractivity contribution in [3.05, 3.63) is 18.2 Å². The Labute approximate surface area is 119 Å². The van der Waals surface area contributed by atoms with Gasteiger partial charge in [-0.1, -0.05) is 0 Å². The molecule has 7 heteroatoms. The minimum Gasteiger partial charge on any atom is -0.399 e. The molecule has 4 N–H and O–H groups in total. The number of benzene rings is 1. The maximum atomic E-state index is 12.1. The number of aliphatic hydroxyl groups is 1. The topological polar surface area (TPSA) is 95.7 Å². The lowest BCUT2D eigenvalue weighted by Crippen LogP contribution is -2.27. The van der Waals surface area contributed by atoms with E-state index >= 15 is 0 Å². The lowest BCUT2D eigenvalue weighted by Gasteiger charge is -2.22. The Morgan fingerprint density at radius 2 is 2.20 bits per heavy atom. The first kappa shape index (κ1) is 15.1. The van der Waals surface area contributed by atoms with Crippen LogP contribution in [-0.4, -0.2) is 39.8 Å². The van der Waals surface area contributed by atoms with Crippen molar-refractivity contribution in [2.75, 3.05) is 30.8 Å². The number of nitrogens with zero attached hydrogens (tertiary/aromatic N) is 1. The number of nitrogens with two attached hydrogens (primary N) is 1. The van der Waals surface area contributed by atoms with Gasteiger partial charge >= 0.3 is 0 Å². The maximum Gasteiger partial charge on any atom is 0.242 e. The first-order valence-corrected chi connectivity index (χ1v) is 8.09. The molecule has 0 saturated carbocycles. The summed E-state index contributed by atoms with van der Waals surface area (Å²) in [5.74, 6) is 0.165. The molecule has 0 aliphatic carbocycles. The Hall–Kier alpha value is -1.31. The molecular weight excluding hydrogens is 278 g/mol. The van der Waals surface area contributed by atoms with E-state index in [1.165, 1.54) is 13.1 Å². The van der Waals surface area contributed by atoms with E-state index in [0.29, 0.717) is 17.9 Å². The molecule has 1 aliphatic heterocycles. The number of aliphatic hydroxyl groups excluding tert-OH is 1. The van der Waals surface area contributed by atoms with Gasteiger partial charge in [-0.05, 0) is 38.6 Å². The first-order valence-electron chi connectivity index (χ1n) is 6.61. The van der Waals surface area contributed by atoms with Crippen LogP contribution in [0.5, 0.6) is 0 Å². The molecule has 2 unspecified atom stereocenters. The summed E-state index contributed by atoms with van der Waals surface area (Å²) in [5.41, 5.74) is 6.75. The molecule has 1 fully saturated rings. The molecule has 0 spiro atoms. The van der Waals surface area contributed by atoms with E-state index < -0.39 is 16.1 Å². The summed E-state index contributed by atoms with van der Waals surface area (Å²) < 4.78 is 26.5. The summed E-state index contributed by atoms with van der Waals surface area (Å²) in [5, 5.41) is 9.66. The number of sulfonamides is 1. The smallest absolute Gasteiger partial charge is 0.242 e. The Kier molecular flexibility index (Phi) is 4.22. The number of hydrogen-bond donors (Lipinski definition) is 3. The molecule has 0 radical (unpaired) electrons. The third-order valence-corrected chi connectivity index (χ3v) is 5.23. The minimum atomic E-state index is -3.56. The van der Waals surface area contributed by atoms with E-state index in [-0.39, 0.29) is 10.8 Å². The fourth-order valence-corrected chi connectivity index (χ4v) is 3.50. The van der Waals surface area contributed by atoms with Gasteiger partial charge in [-0.2, -0.15) is 0 Å². The Morgan fingerprint density at radius 3 is 2.75 bits per heavy atom. The van der Waals surface area contributed by atoms with Gasteiger partial charge in [-0.25, -0.2) is 13.1 Å². The number of hydrogen-bond acceptors (Lipinski definition) is 5. The molecule has 1 heterocycles. The number of rotatable bonds is 4. The average molecular weight is 299 g/mol. The van der Waals surface area contributed by atoms with Gasteiger partial charge < -0.3 is 15.7 Å². The summed E-state index contributed by atoms with van der Waals surface area (Å²) in [7, 11) is -2.18. The SMILES string of the molecule is CNS(=O)(=O)c1cc(N)ccc1N1CCC(C(C)O)C1. The van der Waals surface area contributed by atoms with Crippen molar-refractivity contribution in [2.45, 2.75) is 24.3 Å². The van der Waals surface area contributed by atoms with Crippen LogP contribution in [0.25, 0.3) is 0 Å². The highest BCUT2D eigenvalue weighted by Gasteiger charge is 2.29. The summed E-state index contributed by atoms with van der Waals surface area (Å²) in [4.78, 5) is 2.17. The second-order valence-corrected chi connectivity index (χ2v) is 7.03. The van der Waals surface area contributed by atoms with Crippen molar-refractivity contribution in [1.29, 1.82) is 0 Å². The van der Waals surface area contributed by atoms with Crippen molar-refractivity contribution in [3.8, 4) is 0 Å². The van der Waals surface area contributed by atoms with E-state index in [1.807, 2.05) is 4.90 Å². The van der Waals surface area contributed by atoms with E-state index in [1.54, 1.807) is 19.1 Å². The predicted molar refractivity (Wildman–Crippen MR) is 79.1 cm³/mol. The van der Waals surface area contributed by atoms with Gasteiger partial charge in [0.15, 0.2) is 0 Å². The Balaban J connectivity index is 2.38.